The summed E-state index contributed by atoms with van der Waals surface area (Å²) >= 11 is 0. The molecule has 0 unspecified atom stereocenters. The Kier molecular flexibility index (Phi) is 9.69. The Bertz CT molecular complexity index is 598. The number of aliphatic imine (C=N–C) groups is 1. The van der Waals surface area contributed by atoms with Crippen molar-refractivity contribution in [2.45, 2.75) is 51.6 Å². The van der Waals surface area contributed by atoms with Crippen LogP contribution in [-0.2, 0) is 4.74 Å². The predicted octanol–water partition coefficient (Wildman–Crippen LogP) is 2.63. The van der Waals surface area contributed by atoms with E-state index in [1.807, 2.05) is 31.2 Å². The molecule has 1 aliphatic rings. The minimum atomic E-state index is -0.0525. The second-order valence-electron chi connectivity index (χ2n) is 7.04. The average molecular weight is 375 g/mol. The minimum Gasteiger partial charge on any atom is -0.378 e. The van der Waals surface area contributed by atoms with E-state index in [0.717, 1.165) is 31.1 Å². The monoisotopic (exact) mass is 374 g/mol. The fourth-order valence-corrected chi connectivity index (χ4v) is 3.23. The molecule has 0 aromatic heterocycles. The van der Waals surface area contributed by atoms with E-state index < -0.39 is 0 Å². The predicted molar refractivity (Wildman–Crippen MR) is 110 cm³/mol. The average Bonchev–Trinajstić information content (AvgIpc) is 2.70. The van der Waals surface area contributed by atoms with Gasteiger partial charge in [-0.2, -0.15) is 0 Å². The highest BCUT2D eigenvalue weighted by molar-refractivity contribution is 5.94. The summed E-state index contributed by atoms with van der Waals surface area (Å²) in [7, 11) is 1.75. The van der Waals surface area contributed by atoms with Crippen LogP contribution < -0.4 is 16.0 Å². The maximum Gasteiger partial charge on any atom is 0.251 e. The van der Waals surface area contributed by atoms with E-state index in [-0.39, 0.29) is 5.91 Å². The lowest BCUT2D eigenvalue weighted by Gasteiger charge is -2.22. The Balaban J connectivity index is 1.52. The summed E-state index contributed by atoms with van der Waals surface area (Å²) in [4.78, 5) is 16.3. The van der Waals surface area contributed by atoms with Crippen molar-refractivity contribution in [1.82, 2.24) is 16.0 Å². The number of guanidine groups is 1. The maximum atomic E-state index is 12.1. The van der Waals surface area contributed by atoms with Gasteiger partial charge in [-0.25, -0.2) is 0 Å². The van der Waals surface area contributed by atoms with Crippen molar-refractivity contribution < 1.29 is 9.53 Å². The van der Waals surface area contributed by atoms with Crippen LogP contribution in [0.4, 0.5) is 0 Å². The zero-order valence-corrected chi connectivity index (χ0v) is 16.7. The maximum absolute atomic E-state index is 12.1. The number of nitrogens with zero attached hydrogens (tertiary/aromatic N) is 1. The zero-order valence-electron chi connectivity index (χ0n) is 16.7. The van der Waals surface area contributed by atoms with Crippen molar-refractivity contribution in [3.63, 3.8) is 0 Å². The fourth-order valence-electron chi connectivity index (χ4n) is 3.23. The van der Waals surface area contributed by atoms with E-state index in [0.29, 0.717) is 24.8 Å². The third-order valence-corrected chi connectivity index (χ3v) is 4.73. The lowest BCUT2D eigenvalue weighted by atomic mass is 9.98. The Labute approximate surface area is 163 Å². The van der Waals surface area contributed by atoms with Crippen molar-refractivity contribution in [3.8, 4) is 0 Å². The highest BCUT2D eigenvalue weighted by Gasteiger charge is 2.13. The number of carbonyl (C=O) groups excluding carboxylic acids is 1. The molecular weight excluding hydrogens is 340 g/mol. The molecule has 1 amide bonds. The third kappa shape index (κ3) is 8.43. The number of ether oxygens (including phenoxy) is 1. The molecule has 150 valence electrons. The van der Waals surface area contributed by atoms with Crippen molar-refractivity contribution in [1.29, 1.82) is 0 Å². The molecule has 1 aromatic carbocycles. The first kappa shape index (κ1) is 21.2. The lowest BCUT2D eigenvalue weighted by Crippen LogP contribution is -2.42. The summed E-state index contributed by atoms with van der Waals surface area (Å²) < 4.78 is 5.93. The van der Waals surface area contributed by atoms with Gasteiger partial charge in [0, 0.05) is 38.9 Å². The molecule has 2 rings (SSSR count). The van der Waals surface area contributed by atoms with Gasteiger partial charge >= 0.3 is 0 Å². The molecule has 6 nitrogen and oxygen atoms in total. The number of amides is 1. The molecule has 1 aliphatic carbocycles. The summed E-state index contributed by atoms with van der Waals surface area (Å²) in [5, 5.41) is 9.41. The van der Waals surface area contributed by atoms with Gasteiger partial charge in [-0.1, -0.05) is 37.0 Å². The molecule has 1 aromatic rings. The highest BCUT2D eigenvalue weighted by atomic mass is 16.5. The second kappa shape index (κ2) is 12.3. The van der Waals surface area contributed by atoms with E-state index in [2.05, 4.69) is 20.9 Å². The molecule has 1 fully saturated rings. The van der Waals surface area contributed by atoms with Gasteiger partial charge in [0.25, 0.3) is 5.91 Å². The SMILES string of the molecule is CN=C(NCCCOC1CCCCC1)NCCNC(=O)c1cccc(C)c1. The molecule has 1 saturated carbocycles. The Morgan fingerprint density at radius 2 is 1.85 bits per heavy atom. The molecule has 0 aliphatic heterocycles. The van der Waals surface area contributed by atoms with E-state index in [4.69, 9.17) is 4.74 Å². The van der Waals surface area contributed by atoms with Crippen LogP contribution in [-0.4, -0.2) is 51.3 Å². The van der Waals surface area contributed by atoms with Gasteiger partial charge in [-0.3, -0.25) is 9.79 Å². The number of hydrogen-bond donors (Lipinski definition) is 3. The number of hydrogen-bond acceptors (Lipinski definition) is 3. The number of aryl methyl sites for hydroxylation is 1. The zero-order chi connectivity index (χ0) is 19.3. The standard InChI is InChI=1S/C21H34N4O2/c1-17-8-6-9-18(16-17)20(26)23-13-14-25-21(22-2)24-12-7-15-27-19-10-4-3-5-11-19/h6,8-9,16,19H,3-5,7,10-15H2,1-2H3,(H,23,26)(H2,22,24,25). The molecule has 0 bridgehead atoms. The van der Waals surface area contributed by atoms with E-state index in [1.54, 1.807) is 7.05 Å². The van der Waals surface area contributed by atoms with E-state index >= 15 is 0 Å². The summed E-state index contributed by atoms with van der Waals surface area (Å²) in [6.45, 7) is 4.76. The van der Waals surface area contributed by atoms with Gasteiger partial charge in [0.15, 0.2) is 5.96 Å². The van der Waals surface area contributed by atoms with E-state index in [9.17, 15) is 4.79 Å². The van der Waals surface area contributed by atoms with E-state index in [1.165, 1.54) is 32.1 Å². The summed E-state index contributed by atoms with van der Waals surface area (Å²) in [6.07, 6.45) is 7.82. The summed E-state index contributed by atoms with van der Waals surface area (Å²) in [6, 6.07) is 7.59. The molecule has 0 saturated heterocycles. The topological polar surface area (TPSA) is 74.8 Å². The lowest BCUT2D eigenvalue weighted by molar-refractivity contribution is 0.0277. The molecule has 0 heterocycles. The first-order chi connectivity index (χ1) is 13.2. The first-order valence-corrected chi connectivity index (χ1v) is 10.1. The summed E-state index contributed by atoms with van der Waals surface area (Å²) in [5.41, 5.74) is 1.77. The Morgan fingerprint density at radius 3 is 2.59 bits per heavy atom. The van der Waals surface area contributed by atoms with Crippen LogP contribution in [0.15, 0.2) is 29.3 Å². The van der Waals surface area contributed by atoms with Crippen LogP contribution >= 0.6 is 0 Å². The van der Waals surface area contributed by atoms with Gasteiger partial charge in [-0.15, -0.1) is 0 Å². The Morgan fingerprint density at radius 1 is 1.11 bits per heavy atom. The second-order valence-corrected chi connectivity index (χ2v) is 7.04. The van der Waals surface area contributed by atoms with Gasteiger partial charge in [0.1, 0.15) is 0 Å². The minimum absolute atomic E-state index is 0.0525. The van der Waals surface area contributed by atoms with Crippen molar-refractivity contribution >= 4 is 11.9 Å². The molecule has 0 spiro atoms. The molecule has 3 N–H and O–H groups in total. The van der Waals surface area contributed by atoms with Crippen LogP contribution in [0.2, 0.25) is 0 Å². The molecule has 27 heavy (non-hydrogen) atoms. The van der Waals surface area contributed by atoms with Crippen LogP contribution in [0.25, 0.3) is 0 Å². The van der Waals surface area contributed by atoms with Crippen molar-refractivity contribution in [2.24, 2.45) is 4.99 Å². The van der Waals surface area contributed by atoms with Crippen molar-refractivity contribution in [2.75, 3.05) is 33.3 Å². The summed E-state index contributed by atoms with van der Waals surface area (Å²) in [5.74, 6) is 0.695. The number of benzene rings is 1. The first-order valence-electron chi connectivity index (χ1n) is 10.1. The number of nitrogens with one attached hydrogen (secondary N) is 3. The smallest absolute Gasteiger partial charge is 0.251 e. The fraction of sp³-hybridized carbons (Fsp3) is 0.619. The van der Waals surface area contributed by atoms with Gasteiger partial charge < -0.3 is 20.7 Å². The van der Waals surface area contributed by atoms with Gasteiger partial charge in [-0.05, 0) is 38.3 Å². The molecule has 0 atom stereocenters. The van der Waals surface area contributed by atoms with Crippen LogP contribution in [0.5, 0.6) is 0 Å². The van der Waals surface area contributed by atoms with Gasteiger partial charge in [0.2, 0.25) is 0 Å². The molecule has 0 radical (unpaired) electrons. The third-order valence-electron chi connectivity index (χ3n) is 4.73. The number of rotatable bonds is 9. The quantitative estimate of drug-likeness (QED) is 0.353. The van der Waals surface area contributed by atoms with Gasteiger partial charge in [0.05, 0.1) is 6.10 Å². The normalized spacial score (nSPS) is 15.4. The Hall–Kier alpha value is -2.08. The number of carbonyl (C=O) groups is 1. The largest absolute Gasteiger partial charge is 0.378 e. The van der Waals surface area contributed by atoms with Crippen molar-refractivity contribution in [3.05, 3.63) is 35.4 Å². The molecule has 6 heteroatoms. The van der Waals surface area contributed by atoms with Crippen LogP contribution in [0.3, 0.4) is 0 Å². The van der Waals surface area contributed by atoms with Crippen LogP contribution in [0, 0.1) is 6.92 Å². The van der Waals surface area contributed by atoms with Crippen LogP contribution in [0.1, 0.15) is 54.4 Å². The molecular formula is C21H34N4O2. The highest BCUT2D eigenvalue weighted by Crippen LogP contribution is 2.20.